The Balaban J connectivity index is 1.77. The number of phenolic OH excluding ortho intramolecular Hbond substituents is 2. The lowest BCUT2D eigenvalue weighted by Crippen LogP contribution is -2.00. The molecule has 0 aliphatic rings. The van der Waals surface area contributed by atoms with Crippen molar-refractivity contribution in [2.24, 2.45) is 5.10 Å². The molecule has 0 bridgehead atoms. The zero-order valence-corrected chi connectivity index (χ0v) is 15.1. The maximum atomic E-state index is 9.84. The number of hydrogen-bond acceptors (Lipinski definition) is 6. The van der Waals surface area contributed by atoms with Gasteiger partial charge in [-0.3, -0.25) is 5.43 Å². The number of hydrazone groups is 1. The first-order chi connectivity index (χ1) is 11.5. The first-order valence-corrected chi connectivity index (χ1v) is 8.74. The van der Waals surface area contributed by atoms with Gasteiger partial charge in [-0.15, -0.1) is 11.3 Å². The summed E-state index contributed by atoms with van der Waals surface area (Å²) in [7, 11) is 0. The summed E-state index contributed by atoms with van der Waals surface area (Å²) in [6, 6.07) is 12.2. The number of rotatable bonds is 4. The highest BCUT2D eigenvalue weighted by molar-refractivity contribution is 9.10. The SMILES string of the molecule is C/C(=N\Nc1nc(-c2ccc(Br)cc2)cs1)c1cc(O)ccc1O. The highest BCUT2D eigenvalue weighted by atomic mass is 79.9. The van der Waals surface area contributed by atoms with Crippen LogP contribution in [-0.4, -0.2) is 20.9 Å². The van der Waals surface area contributed by atoms with Crippen molar-refractivity contribution in [2.75, 3.05) is 5.43 Å². The molecule has 24 heavy (non-hydrogen) atoms. The van der Waals surface area contributed by atoms with E-state index in [-0.39, 0.29) is 11.5 Å². The molecule has 2 aromatic carbocycles. The molecule has 5 nitrogen and oxygen atoms in total. The van der Waals surface area contributed by atoms with E-state index in [1.807, 2.05) is 29.6 Å². The van der Waals surface area contributed by atoms with Crippen LogP contribution in [0.25, 0.3) is 11.3 Å². The van der Waals surface area contributed by atoms with Gasteiger partial charge in [0, 0.05) is 21.0 Å². The van der Waals surface area contributed by atoms with E-state index in [1.54, 1.807) is 6.92 Å². The monoisotopic (exact) mass is 403 g/mol. The van der Waals surface area contributed by atoms with Gasteiger partial charge >= 0.3 is 0 Å². The van der Waals surface area contributed by atoms with Gasteiger partial charge < -0.3 is 10.2 Å². The molecule has 0 aliphatic heterocycles. The summed E-state index contributed by atoms with van der Waals surface area (Å²) < 4.78 is 1.02. The number of phenols is 2. The van der Waals surface area contributed by atoms with Crippen LogP contribution in [0.15, 0.2) is 57.4 Å². The molecule has 7 heteroatoms. The Morgan fingerprint density at radius 1 is 1.17 bits per heavy atom. The maximum absolute atomic E-state index is 9.84. The van der Waals surface area contributed by atoms with E-state index in [9.17, 15) is 10.2 Å². The van der Waals surface area contributed by atoms with E-state index in [1.165, 1.54) is 29.5 Å². The van der Waals surface area contributed by atoms with Crippen molar-refractivity contribution >= 4 is 38.1 Å². The summed E-state index contributed by atoms with van der Waals surface area (Å²) in [5.74, 6) is 0.134. The molecule has 122 valence electrons. The molecule has 3 N–H and O–H groups in total. The molecule has 3 aromatic rings. The largest absolute Gasteiger partial charge is 0.508 e. The molecule has 0 saturated heterocycles. The molecular formula is C17H14BrN3O2S. The van der Waals surface area contributed by atoms with Crippen molar-refractivity contribution in [2.45, 2.75) is 6.92 Å². The molecule has 3 rings (SSSR count). The summed E-state index contributed by atoms with van der Waals surface area (Å²) in [5, 5.41) is 26.2. The van der Waals surface area contributed by atoms with Crippen LogP contribution in [0.3, 0.4) is 0 Å². The van der Waals surface area contributed by atoms with Crippen molar-refractivity contribution in [3.63, 3.8) is 0 Å². The minimum absolute atomic E-state index is 0.0607. The fourth-order valence-corrected chi connectivity index (χ4v) is 3.01. The molecule has 0 amide bonds. The van der Waals surface area contributed by atoms with Crippen molar-refractivity contribution in [1.82, 2.24) is 4.98 Å². The van der Waals surface area contributed by atoms with Crippen LogP contribution in [0, 0.1) is 0 Å². The van der Waals surface area contributed by atoms with Gasteiger partial charge in [-0.25, -0.2) is 4.98 Å². The number of aromatic hydroxyl groups is 2. The molecule has 0 aliphatic carbocycles. The van der Waals surface area contributed by atoms with Crippen LogP contribution in [0.2, 0.25) is 0 Å². The summed E-state index contributed by atoms with van der Waals surface area (Å²) in [6.45, 7) is 1.74. The number of anilines is 1. The standard InChI is InChI=1S/C17H14BrN3O2S/c1-10(14-8-13(22)6-7-16(14)23)20-21-17-19-15(9-24-17)11-2-4-12(18)5-3-11/h2-9,22-23H,1H3,(H,19,21)/b20-10+. The fourth-order valence-electron chi connectivity index (χ4n) is 2.08. The number of nitrogens with zero attached hydrogens (tertiary/aromatic N) is 2. The Kier molecular flexibility index (Phi) is 4.82. The summed E-state index contributed by atoms with van der Waals surface area (Å²) in [4.78, 5) is 4.49. The van der Waals surface area contributed by atoms with Crippen LogP contribution in [0.5, 0.6) is 11.5 Å². The molecule has 1 heterocycles. The first-order valence-electron chi connectivity index (χ1n) is 7.07. The van der Waals surface area contributed by atoms with Crippen LogP contribution in [0.1, 0.15) is 12.5 Å². The van der Waals surface area contributed by atoms with Gasteiger partial charge in [-0.2, -0.15) is 5.10 Å². The summed E-state index contributed by atoms with van der Waals surface area (Å²) in [5.41, 5.74) is 5.78. The average molecular weight is 404 g/mol. The zero-order valence-electron chi connectivity index (χ0n) is 12.7. The summed E-state index contributed by atoms with van der Waals surface area (Å²) >= 11 is 4.85. The van der Waals surface area contributed by atoms with E-state index in [2.05, 4.69) is 31.4 Å². The second-order valence-electron chi connectivity index (χ2n) is 5.06. The maximum Gasteiger partial charge on any atom is 0.203 e. The molecule has 0 saturated carbocycles. The van der Waals surface area contributed by atoms with E-state index in [0.717, 1.165) is 15.7 Å². The Hall–Kier alpha value is -2.38. The van der Waals surface area contributed by atoms with Gasteiger partial charge in [0.05, 0.1) is 11.4 Å². The van der Waals surface area contributed by atoms with Crippen LogP contribution in [-0.2, 0) is 0 Å². The van der Waals surface area contributed by atoms with E-state index in [0.29, 0.717) is 16.4 Å². The predicted octanol–water partition coefficient (Wildman–Crippen LogP) is 4.82. The van der Waals surface area contributed by atoms with Crippen LogP contribution in [0.4, 0.5) is 5.13 Å². The van der Waals surface area contributed by atoms with Gasteiger partial charge in [0.1, 0.15) is 11.5 Å². The van der Waals surface area contributed by atoms with Crippen LogP contribution >= 0.6 is 27.3 Å². The fraction of sp³-hybridized carbons (Fsp3) is 0.0588. The van der Waals surface area contributed by atoms with E-state index < -0.39 is 0 Å². The van der Waals surface area contributed by atoms with Crippen molar-refractivity contribution in [3.8, 4) is 22.8 Å². The molecule has 0 fully saturated rings. The lowest BCUT2D eigenvalue weighted by atomic mass is 10.1. The Labute approximate surface area is 151 Å². The second-order valence-corrected chi connectivity index (χ2v) is 6.83. The van der Waals surface area contributed by atoms with Gasteiger partial charge in [0.2, 0.25) is 5.13 Å². The van der Waals surface area contributed by atoms with E-state index in [4.69, 9.17) is 0 Å². The lowest BCUT2D eigenvalue weighted by molar-refractivity contribution is 0.459. The summed E-state index contributed by atoms with van der Waals surface area (Å²) in [6.07, 6.45) is 0. The van der Waals surface area contributed by atoms with Crippen molar-refractivity contribution < 1.29 is 10.2 Å². The molecule has 0 unspecified atom stereocenters. The van der Waals surface area contributed by atoms with Crippen molar-refractivity contribution in [3.05, 3.63) is 57.9 Å². The van der Waals surface area contributed by atoms with Gasteiger partial charge in [-0.1, -0.05) is 28.1 Å². The number of benzene rings is 2. The Morgan fingerprint density at radius 3 is 2.67 bits per heavy atom. The number of thiazole rings is 1. The first kappa shape index (κ1) is 16.5. The number of nitrogens with one attached hydrogen (secondary N) is 1. The highest BCUT2D eigenvalue weighted by Gasteiger charge is 2.07. The zero-order chi connectivity index (χ0) is 17.1. The number of halogens is 1. The van der Waals surface area contributed by atoms with Gasteiger partial charge in [0.15, 0.2) is 0 Å². The Bertz CT molecular complexity index is 891. The quantitative estimate of drug-likeness (QED) is 0.331. The minimum Gasteiger partial charge on any atom is -0.508 e. The molecular weight excluding hydrogens is 390 g/mol. The number of aromatic nitrogens is 1. The van der Waals surface area contributed by atoms with E-state index >= 15 is 0 Å². The second kappa shape index (κ2) is 7.02. The third-order valence-electron chi connectivity index (χ3n) is 3.33. The van der Waals surface area contributed by atoms with Crippen LogP contribution < -0.4 is 5.43 Å². The third-order valence-corrected chi connectivity index (χ3v) is 4.61. The molecule has 0 radical (unpaired) electrons. The molecule has 0 spiro atoms. The predicted molar refractivity (Wildman–Crippen MR) is 101 cm³/mol. The molecule has 0 atom stereocenters. The van der Waals surface area contributed by atoms with Gasteiger partial charge in [0.25, 0.3) is 0 Å². The lowest BCUT2D eigenvalue weighted by Gasteiger charge is -2.04. The molecule has 1 aromatic heterocycles. The van der Waals surface area contributed by atoms with Gasteiger partial charge in [-0.05, 0) is 37.3 Å². The minimum atomic E-state index is 0.0607. The average Bonchev–Trinajstić information content (AvgIpc) is 3.04. The normalized spacial score (nSPS) is 11.5. The van der Waals surface area contributed by atoms with Crippen molar-refractivity contribution in [1.29, 1.82) is 0 Å². The highest BCUT2D eigenvalue weighted by Crippen LogP contribution is 2.27. The third kappa shape index (κ3) is 3.74. The number of hydrogen-bond donors (Lipinski definition) is 3. The Morgan fingerprint density at radius 2 is 1.92 bits per heavy atom. The topological polar surface area (TPSA) is 77.7 Å². The smallest absolute Gasteiger partial charge is 0.203 e.